The number of ether oxygens (including phenoxy) is 4. The number of carbonyl (C=O) groups excluding carboxylic acids is 2. The number of hydrogen-bond acceptors (Lipinski definition) is 8. The Morgan fingerprint density at radius 2 is 1.26 bits per heavy atom. The van der Waals surface area contributed by atoms with Crippen molar-refractivity contribution in [3.05, 3.63) is 96.5 Å². The molecule has 2 rings (SSSR count). The number of esters is 2. The van der Waals surface area contributed by atoms with Gasteiger partial charge in [0.2, 0.25) is 0 Å². The molecule has 0 unspecified atom stereocenters. The Balaban J connectivity index is 1.93. The number of carbonyl (C=O) groups is 2. The standard InChI is InChI=1S/C30H36O8/c1-4-5-6-7-24-8-12-27(13-9-24)35-16-17-36-28-14-10-25(11-15-28)26(20-37-29(33)22(2)18-31)21-38-30(34)23(3)19-32/h8-17,26,31-32H,2-7,18-21H2,1H3/b17-16-. The van der Waals surface area contributed by atoms with Gasteiger partial charge in [0, 0.05) is 0 Å². The fourth-order valence-electron chi connectivity index (χ4n) is 3.27. The maximum Gasteiger partial charge on any atom is 0.335 e. The van der Waals surface area contributed by atoms with Crippen LogP contribution in [0.1, 0.15) is 43.2 Å². The van der Waals surface area contributed by atoms with E-state index in [1.807, 2.05) is 12.1 Å². The van der Waals surface area contributed by atoms with E-state index in [0.717, 1.165) is 6.42 Å². The van der Waals surface area contributed by atoms with Crippen molar-refractivity contribution >= 4 is 11.9 Å². The lowest BCUT2D eigenvalue weighted by atomic mass is 10.0. The quantitative estimate of drug-likeness (QED) is 0.134. The molecule has 38 heavy (non-hydrogen) atoms. The number of hydrogen-bond donors (Lipinski definition) is 2. The van der Waals surface area contributed by atoms with Gasteiger partial charge in [-0.25, -0.2) is 9.59 Å². The van der Waals surface area contributed by atoms with E-state index >= 15 is 0 Å². The van der Waals surface area contributed by atoms with Crippen molar-refractivity contribution in [3.8, 4) is 11.5 Å². The average Bonchev–Trinajstić information content (AvgIpc) is 2.95. The number of aryl methyl sites for hydroxylation is 1. The number of benzene rings is 2. The molecular weight excluding hydrogens is 488 g/mol. The summed E-state index contributed by atoms with van der Waals surface area (Å²) in [6.45, 7) is 7.76. The lowest BCUT2D eigenvalue weighted by molar-refractivity contribution is -0.142. The van der Waals surface area contributed by atoms with E-state index in [4.69, 9.17) is 29.2 Å². The molecule has 8 heteroatoms. The predicted octanol–water partition coefficient (Wildman–Crippen LogP) is 4.62. The Morgan fingerprint density at radius 1 is 0.789 bits per heavy atom. The van der Waals surface area contributed by atoms with Crippen LogP contribution in [0.3, 0.4) is 0 Å². The smallest absolute Gasteiger partial charge is 0.335 e. The Kier molecular flexibility index (Phi) is 13.4. The van der Waals surface area contributed by atoms with Crippen LogP contribution in [0.5, 0.6) is 11.5 Å². The minimum Gasteiger partial charge on any atom is -0.462 e. The van der Waals surface area contributed by atoms with Crippen LogP contribution in [-0.2, 0) is 25.5 Å². The molecule has 2 aromatic rings. The fourth-order valence-corrected chi connectivity index (χ4v) is 3.27. The maximum atomic E-state index is 11.9. The molecule has 2 aromatic carbocycles. The summed E-state index contributed by atoms with van der Waals surface area (Å²) in [5.41, 5.74) is 1.82. The third-order valence-electron chi connectivity index (χ3n) is 5.60. The van der Waals surface area contributed by atoms with Crippen LogP contribution in [0.4, 0.5) is 0 Å². The minimum absolute atomic E-state index is 0.0879. The van der Waals surface area contributed by atoms with Crippen molar-refractivity contribution in [3.63, 3.8) is 0 Å². The summed E-state index contributed by atoms with van der Waals surface area (Å²) in [6.07, 6.45) is 7.53. The zero-order valence-electron chi connectivity index (χ0n) is 21.8. The lowest BCUT2D eigenvalue weighted by Gasteiger charge is -2.18. The summed E-state index contributed by atoms with van der Waals surface area (Å²) in [5.74, 6) is -0.771. The minimum atomic E-state index is -0.750. The monoisotopic (exact) mass is 524 g/mol. The Hall–Kier alpha value is -3.88. The molecule has 2 N–H and O–H groups in total. The molecule has 8 nitrogen and oxygen atoms in total. The van der Waals surface area contributed by atoms with Crippen LogP contribution in [-0.4, -0.2) is 48.6 Å². The first-order valence-corrected chi connectivity index (χ1v) is 12.5. The highest BCUT2D eigenvalue weighted by Crippen LogP contribution is 2.22. The van der Waals surface area contributed by atoms with E-state index in [0.29, 0.717) is 17.1 Å². The van der Waals surface area contributed by atoms with Gasteiger partial charge in [0.05, 0.1) is 30.3 Å². The zero-order valence-corrected chi connectivity index (χ0v) is 21.8. The maximum absolute atomic E-state index is 11.9. The first-order valence-electron chi connectivity index (χ1n) is 12.5. The Labute approximate surface area is 223 Å². The summed E-state index contributed by atoms with van der Waals surface area (Å²) >= 11 is 0. The summed E-state index contributed by atoms with van der Waals surface area (Å²) < 4.78 is 21.6. The van der Waals surface area contributed by atoms with Crippen LogP contribution in [0.15, 0.2) is 85.4 Å². The van der Waals surface area contributed by atoms with Gasteiger partial charge in [-0.3, -0.25) is 0 Å². The lowest BCUT2D eigenvalue weighted by Crippen LogP contribution is -2.21. The van der Waals surface area contributed by atoms with E-state index in [1.54, 1.807) is 24.3 Å². The van der Waals surface area contributed by atoms with Crippen molar-refractivity contribution in [2.45, 2.75) is 38.5 Å². The second-order valence-electron chi connectivity index (χ2n) is 8.60. The Bertz CT molecular complexity index is 1040. The van der Waals surface area contributed by atoms with Gasteiger partial charge in [-0.2, -0.15) is 0 Å². The molecule has 0 saturated heterocycles. The number of aliphatic hydroxyl groups is 2. The Morgan fingerprint density at radius 3 is 1.71 bits per heavy atom. The van der Waals surface area contributed by atoms with Crippen molar-refractivity contribution < 1.29 is 38.7 Å². The van der Waals surface area contributed by atoms with Gasteiger partial charge in [0.1, 0.15) is 37.2 Å². The summed E-state index contributed by atoms with van der Waals surface area (Å²) in [4.78, 5) is 23.8. The van der Waals surface area contributed by atoms with Gasteiger partial charge < -0.3 is 29.2 Å². The van der Waals surface area contributed by atoms with Crippen molar-refractivity contribution in [1.29, 1.82) is 0 Å². The van der Waals surface area contributed by atoms with Gasteiger partial charge >= 0.3 is 11.9 Å². The van der Waals surface area contributed by atoms with Gasteiger partial charge in [-0.05, 0) is 48.2 Å². The molecule has 0 aromatic heterocycles. The van der Waals surface area contributed by atoms with Crippen LogP contribution < -0.4 is 9.47 Å². The molecule has 0 atom stereocenters. The highest BCUT2D eigenvalue weighted by Gasteiger charge is 2.19. The number of unbranched alkanes of at least 4 members (excludes halogenated alkanes) is 2. The van der Waals surface area contributed by atoms with Crippen molar-refractivity contribution in [2.75, 3.05) is 26.4 Å². The molecule has 0 radical (unpaired) electrons. The fraction of sp³-hybridized carbons (Fsp3) is 0.333. The molecule has 0 spiro atoms. The molecule has 204 valence electrons. The van der Waals surface area contributed by atoms with Gasteiger partial charge in [0.25, 0.3) is 0 Å². The second kappa shape index (κ2) is 16.8. The summed E-state index contributed by atoms with van der Waals surface area (Å²) in [6, 6.07) is 14.9. The van der Waals surface area contributed by atoms with E-state index in [-0.39, 0.29) is 24.4 Å². The third kappa shape index (κ3) is 10.6. The SMILES string of the molecule is C=C(CO)C(=O)OCC(COC(=O)C(=C)CO)c1ccc(O/C=C\Oc2ccc(CCCCC)cc2)cc1. The van der Waals surface area contributed by atoms with Crippen LogP contribution >= 0.6 is 0 Å². The largest absolute Gasteiger partial charge is 0.462 e. The normalized spacial score (nSPS) is 10.8. The topological polar surface area (TPSA) is 112 Å². The zero-order chi connectivity index (χ0) is 27.8. The van der Waals surface area contributed by atoms with Crippen LogP contribution in [0, 0.1) is 0 Å². The molecule has 0 saturated carbocycles. The molecule has 0 heterocycles. The molecule has 0 aliphatic carbocycles. The van der Waals surface area contributed by atoms with E-state index in [9.17, 15) is 9.59 Å². The summed E-state index contributed by atoms with van der Waals surface area (Å²) in [5, 5.41) is 18.1. The van der Waals surface area contributed by atoms with E-state index in [1.165, 1.54) is 37.4 Å². The predicted molar refractivity (Wildman–Crippen MR) is 144 cm³/mol. The average molecular weight is 525 g/mol. The molecule has 0 amide bonds. The van der Waals surface area contributed by atoms with Crippen molar-refractivity contribution in [2.24, 2.45) is 0 Å². The number of rotatable bonds is 17. The van der Waals surface area contributed by atoms with Gasteiger partial charge in [-0.15, -0.1) is 0 Å². The first kappa shape index (κ1) is 30.3. The van der Waals surface area contributed by atoms with Crippen LogP contribution in [0.2, 0.25) is 0 Å². The second-order valence-corrected chi connectivity index (χ2v) is 8.60. The molecule has 0 fully saturated rings. The molecule has 0 aliphatic rings. The third-order valence-corrected chi connectivity index (χ3v) is 5.60. The highest BCUT2D eigenvalue weighted by molar-refractivity contribution is 5.88. The van der Waals surface area contributed by atoms with E-state index in [2.05, 4.69) is 32.2 Å². The highest BCUT2D eigenvalue weighted by atomic mass is 16.5. The van der Waals surface area contributed by atoms with Gasteiger partial charge in [0.15, 0.2) is 0 Å². The van der Waals surface area contributed by atoms with E-state index < -0.39 is 31.1 Å². The molecular formula is C30H36O8. The van der Waals surface area contributed by atoms with Crippen LogP contribution in [0.25, 0.3) is 0 Å². The van der Waals surface area contributed by atoms with Gasteiger partial charge in [-0.1, -0.05) is 57.2 Å². The first-order chi connectivity index (χ1) is 18.4. The molecule has 0 bridgehead atoms. The molecule has 0 aliphatic heterocycles. The van der Waals surface area contributed by atoms with Crippen molar-refractivity contribution in [1.82, 2.24) is 0 Å². The summed E-state index contributed by atoms with van der Waals surface area (Å²) in [7, 11) is 0. The number of aliphatic hydroxyl groups excluding tert-OH is 2.